The number of phenolic OH excluding ortho intramolecular Hbond substituents is 1. The van der Waals surface area contributed by atoms with Crippen molar-refractivity contribution < 1.29 is 9.50 Å². The van der Waals surface area contributed by atoms with Gasteiger partial charge in [-0.3, -0.25) is 0 Å². The molecule has 0 fully saturated rings. The molecule has 2 N–H and O–H groups in total. The number of aromatic nitrogens is 1. The number of nitrogens with one attached hydrogen (secondary N) is 1. The van der Waals surface area contributed by atoms with Crippen molar-refractivity contribution in [2.45, 2.75) is 13.0 Å². The zero-order valence-corrected chi connectivity index (χ0v) is 11.5. The molecule has 4 heteroatoms. The summed E-state index contributed by atoms with van der Waals surface area (Å²) in [4.78, 5) is 4.30. The van der Waals surface area contributed by atoms with Gasteiger partial charge in [0, 0.05) is 17.1 Å². The van der Waals surface area contributed by atoms with Crippen LogP contribution in [0.1, 0.15) is 18.5 Å². The van der Waals surface area contributed by atoms with Gasteiger partial charge in [0.05, 0.1) is 6.04 Å². The number of anilines is 1. The maximum atomic E-state index is 13.8. The van der Waals surface area contributed by atoms with Gasteiger partial charge in [-0.05, 0) is 36.6 Å². The van der Waals surface area contributed by atoms with Crippen LogP contribution in [0.2, 0.25) is 0 Å². The number of hydrogen-bond donors (Lipinski definition) is 2. The lowest BCUT2D eigenvalue weighted by Gasteiger charge is -2.17. The third-order valence-corrected chi connectivity index (χ3v) is 3.47. The van der Waals surface area contributed by atoms with Crippen LogP contribution in [-0.2, 0) is 0 Å². The molecule has 0 radical (unpaired) electrons. The van der Waals surface area contributed by atoms with E-state index in [1.54, 1.807) is 36.5 Å². The zero-order valence-electron chi connectivity index (χ0n) is 11.5. The molecule has 0 saturated carbocycles. The van der Waals surface area contributed by atoms with Crippen molar-refractivity contribution in [1.82, 2.24) is 4.98 Å². The molecule has 0 amide bonds. The second kappa shape index (κ2) is 5.40. The fraction of sp³-hybridized carbons (Fsp3) is 0.118. The monoisotopic (exact) mass is 282 g/mol. The summed E-state index contributed by atoms with van der Waals surface area (Å²) < 4.78 is 13.8. The Morgan fingerprint density at radius 1 is 1.14 bits per heavy atom. The maximum Gasteiger partial charge on any atom is 0.134 e. The third kappa shape index (κ3) is 2.65. The molecule has 3 aromatic rings. The average Bonchev–Trinajstić information content (AvgIpc) is 2.48. The molecule has 0 saturated heterocycles. The first kappa shape index (κ1) is 13.4. The molecule has 106 valence electrons. The molecule has 3 nitrogen and oxygen atoms in total. The van der Waals surface area contributed by atoms with E-state index in [-0.39, 0.29) is 17.6 Å². The van der Waals surface area contributed by atoms with Crippen LogP contribution in [0.3, 0.4) is 0 Å². The van der Waals surface area contributed by atoms with E-state index in [4.69, 9.17) is 0 Å². The Hall–Kier alpha value is -2.62. The number of nitrogens with zero attached hydrogens (tertiary/aromatic N) is 1. The third-order valence-electron chi connectivity index (χ3n) is 3.47. The van der Waals surface area contributed by atoms with Gasteiger partial charge in [-0.15, -0.1) is 0 Å². The van der Waals surface area contributed by atoms with Crippen molar-refractivity contribution in [1.29, 1.82) is 0 Å². The highest BCUT2D eigenvalue weighted by Crippen LogP contribution is 2.28. The standard InChI is InChI=1S/C17H15FN2O/c1-11(14-4-2-3-5-16(14)18)20-17-15-10-13(21)7-6-12(15)8-9-19-17/h2-11,21H,1H3,(H,19,20). The molecule has 0 spiro atoms. The molecule has 0 aliphatic rings. The number of rotatable bonds is 3. The van der Waals surface area contributed by atoms with E-state index >= 15 is 0 Å². The number of pyridine rings is 1. The summed E-state index contributed by atoms with van der Waals surface area (Å²) >= 11 is 0. The van der Waals surface area contributed by atoms with Gasteiger partial charge in [-0.1, -0.05) is 24.3 Å². The maximum absolute atomic E-state index is 13.8. The first-order valence-corrected chi connectivity index (χ1v) is 6.74. The fourth-order valence-electron chi connectivity index (χ4n) is 2.38. The lowest BCUT2D eigenvalue weighted by Crippen LogP contribution is -2.09. The average molecular weight is 282 g/mol. The molecule has 21 heavy (non-hydrogen) atoms. The lowest BCUT2D eigenvalue weighted by molar-refractivity contribution is 0.476. The molecule has 0 aliphatic heterocycles. The second-order valence-electron chi connectivity index (χ2n) is 4.95. The number of fused-ring (bicyclic) bond motifs is 1. The Bertz CT molecular complexity index is 789. The van der Waals surface area contributed by atoms with Gasteiger partial charge in [-0.25, -0.2) is 9.37 Å². The number of hydrogen-bond acceptors (Lipinski definition) is 3. The Morgan fingerprint density at radius 2 is 1.95 bits per heavy atom. The Morgan fingerprint density at radius 3 is 2.76 bits per heavy atom. The summed E-state index contributed by atoms with van der Waals surface area (Å²) in [5.41, 5.74) is 0.580. The van der Waals surface area contributed by atoms with Gasteiger partial charge in [0.15, 0.2) is 0 Å². The summed E-state index contributed by atoms with van der Waals surface area (Å²) in [5.74, 6) is 0.553. The highest BCUT2D eigenvalue weighted by molar-refractivity contribution is 5.92. The van der Waals surface area contributed by atoms with E-state index in [1.165, 1.54) is 6.07 Å². The normalized spacial score (nSPS) is 12.3. The summed E-state index contributed by atoms with van der Waals surface area (Å²) in [5, 5.41) is 14.6. The van der Waals surface area contributed by atoms with Crippen LogP contribution in [0, 0.1) is 5.82 Å². The Balaban J connectivity index is 1.98. The van der Waals surface area contributed by atoms with Gasteiger partial charge in [0.25, 0.3) is 0 Å². The number of aromatic hydroxyl groups is 1. The van der Waals surface area contributed by atoms with Crippen LogP contribution in [-0.4, -0.2) is 10.1 Å². The molecule has 0 aliphatic carbocycles. The topological polar surface area (TPSA) is 45.2 Å². The Labute approximate surface area is 122 Å². The van der Waals surface area contributed by atoms with E-state index in [2.05, 4.69) is 10.3 Å². The van der Waals surface area contributed by atoms with Crippen LogP contribution in [0.4, 0.5) is 10.2 Å². The first-order chi connectivity index (χ1) is 10.1. The molecule has 1 heterocycles. The SMILES string of the molecule is CC(Nc1nccc2ccc(O)cc12)c1ccccc1F. The van der Waals surface area contributed by atoms with Gasteiger partial charge >= 0.3 is 0 Å². The quantitative estimate of drug-likeness (QED) is 0.754. The van der Waals surface area contributed by atoms with E-state index < -0.39 is 0 Å². The van der Waals surface area contributed by atoms with Crippen LogP contribution in [0.25, 0.3) is 10.8 Å². The molecule has 1 atom stereocenters. The van der Waals surface area contributed by atoms with E-state index in [9.17, 15) is 9.50 Å². The van der Waals surface area contributed by atoms with Crippen molar-refractivity contribution in [2.75, 3.05) is 5.32 Å². The van der Waals surface area contributed by atoms with Crippen molar-refractivity contribution in [3.8, 4) is 5.75 Å². The molecule has 2 aromatic carbocycles. The Kier molecular flexibility index (Phi) is 3.44. The number of benzene rings is 2. The van der Waals surface area contributed by atoms with Crippen molar-refractivity contribution in [3.63, 3.8) is 0 Å². The van der Waals surface area contributed by atoms with Gasteiger partial charge in [-0.2, -0.15) is 0 Å². The van der Waals surface area contributed by atoms with Crippen molar-refractivity contribution in [3.05, 3.63) is 66.1 Å². The summed E-state index contributed by atoms with van der Waals surface area (Å²) in [6.07, 6.45) is 1.69. The minimum atomic E-state index is -0.249. The molecular formula is C17H15FN2O. The minimum absolute atomic E-state index is 0.178. The van der Waals surface area contributed by atoms with E-state index in [1.807, 2.05) is 19.1 Å². The highest BCUT2D eigenvalue weighted by atomic mass is 19.1. The van der Waals surface area contributed by atoms with Gasteiger partial charge in [0.1, 0.15) is 17.4 Å². The number of phenols is 1. The molecule has 3 rings (SSSR count). The number of halogens is 1. The van der Waals surface area contributed by atoms with E-state index in [0.29, 0.717) is 11.4 Å². The molecule has 1 unspecified atom stereocenters. The summed E-state index contributed by atoms with van der Waals surface area (Å²) in [6.45, 7) is 1.88. The van der Waals surface area contributed by atoms with E-state index in [0.717, 1.165) is 10.8 Å². The van der Waals surface area contributed by atoms with Crippen molar-refractivity contribution >= 4 is 16.6 Å². The largest absolute Gasteiger partial charge is 0.508 e. The second-order valence-corrected chi connectivity index (χ2v) is 4.95. The molecular weight excluding hydrogens is 267 g/mol. The molecule has 1 aromatic heterocycles. The molecule has 0 bridgehead atoms. The predicted molar refractivity (Wildman–Crippen MR) is 81.8 cm³/mol. The fourth-order valence-corrected chi connectivity index (χ4v) is 2.38. The zero-order chi connectivity index (χ0) is 14.8. The van der Waals surface area contributed by atoms with Crippen LogP contribution < -0.4 is 5.32 Å². The van der Waals surface area contributed by atoms with Crippen molar-refractivity contribution in [2.24, 2.45) is 0 Å². The van der Waals surface area contributed by atoms with Crippen LogP contribution in [0.5, 0.6) is 5.75 Å². The minimum Gasteiger partial charge on any atom is -0.508 e. The summed E-state index contributed by atoms with van der Waals surface area (Å²) in [7, 11) is 0. The smallest absolute Gasteiger partial charge is 0.134 e. The van der Waals surface area contributed by atoms with Gasteiger partial charge in [0.2, 0.25) is 0 Å². The summed E-state index contributed by atoms with van der Waals surface area (Å²) in [6, 6.07) is 13.4. The van der Waals surface area contributed by atoms with Crippen LogP contribution in [0.15, 0.2) is 54.7 Å². The predicted octanol–water partition coefficient (Wildman–Crippen LogP) is 4.25. The lowest BCUT2D eigenvalue weighted by atomic mass is 10.1. The first-order valence-electron chi connectivity index (χ1n) is 6.74. The van der Waals surface area contributed by atoms with Crippen LogP contribution >= 0.6 is 0 Å². The highest BCUT2D eigenvalue weighted by Gasteiger charge is 2.12. The van der Waals surface area contributed by atoms with Gasteiger partial charge < -0.3 is 10.4 Å².